The highest BCUT2D eigenvalue weighted by Gasteiger charge is 2.14. The molecule has 0 saturated heterocycles. The van der Waals surface area contributed by atoms with Crippen molar-refractivity contribution in [1.82, 2.24) is 10.6 Å². The molecule has 0 aliphatic carbocycles. The summed E-state index contributed by atoms with van der Waals surface area (Å²) >= 11 is 0. The lowest BCUT2D eigenvalue weighted by molar-refractivity contribution is 0.227. The minimum absolute atomic E-state index is 0.0406. The fourth-order valence-electron chi connectivity index (χ4n) is 2.81. The van der Waals surface area contributed by atoms with Crippen LogP contribution < -0.4 is 10.6 Å². The Bertz CT molecular complexity index is 562. The molecule has 2 aromatic rings. The monoisotopic (exact) mass is 328 g/mol. The van der Waals surface area contributed by atoms with Gasteiger partial charge in [0.15, 0.2) is 0 Å². The zero-order valence-corrected chi connectivity index (χ0v) is 14.2. The van der Waals surface area contributed by atoms with Gasteiger partial charge in [0, 0.05) is 6.04 Å². The van der Waals surface area contributed by atoms with E-state index in [1.54, 1.807) is 0 Å². The van der Waals surface area contributed by atoms with Crippen molar-refractivity contribution in [2.75, 3.05) is 19.8 Å². The molecule has 2 rings (SSSR count). The summed E-state index contributed by atoms with van der Waals surface area (Å²) in [6.07, 6.45) is 0.909. The van der Waals surface area contributed by atoms with Crippen LogP contribution in [0, 0.1) is 0 Å². The van der Waals surface area contributed by atoms with Crippen molar-refractivity contribution in [3.05, 3.63) is 71.8 Å². The Morgan fingerprint density at radius 1 is 0.792 bits per heavy atom. The highest BCUT2D eigenvalue weighted by Crippen LogP contribution is 2.14. The molecule has 0 aliphatic rings. The zero-order valence-electron chi connectivity index (χ0n) is 14.2. The van der Waals surface area contributed by atoms with Crippen LogP contribution in [0.15, 0.2) is 60.7 Å². The van der Waals surface area contributed by atoms with Crippen LogP contribution in [0.2, 0.25) is 0 Å². The molecule has 4 N–H and O–H groups in total. The number of hydrogen-bond donors (Lipinski definition) is 4. The Balaban J connectivity index is 1.79. The molecule has 130 valence electrons. The van der Waals surface area contributed by atoms with Gasteiger partial charge in [0.2, 0.25) is 0 Å². The molecule has 4 nitrogen and oxygen atoms in total. The van der Waals surface area contributed by atoms with Crippen molar-refractivity contribution in [1.29, 1.82) is 0 Å². The lowest BCUT2D eigenvalue weighted by atomic mass is 10.1. The lowest BCUT2D eigenvalue weighted by Crippen LogP contribution is -2.36. The van der Waals surface area contributed by atoms with Crippen molar-refractivity contribution in [2.24, 2.45) is 0 Å². The first-order chi connectivity index (χ1) is 11.7. The topological polar surface area (TPSA) is 64.5 Å². The average Bonchev–Trinajstić information content (AvgIpc) is 2.64. The summed E-state index contributed by atoms with van der Waals surface area (Å²) in [5.41, 5.74) is 2.19. The third-order valence-electron chi connectivity index (χ3n) is 4.22. The summed E-state index contributed by atoms with van der Waals surface area (Å²) in [6.45, 7) is 3.06. The van der Waals surface area contributed by atoms with Crippen LogP contribution in [0.5, 0.6) is 0 Å². The quantitative estimate of drug-likeness (QED) is 0.541. The van der Waals surface area contributed by atoms with Crippen LogP contribution in [0.3, 0.4) is 0 Å². The van der Waals surface area contributed by atoms with Gasteiger partial charge < -0.3 is 20.8 Å². The van der Waals surface area contributed by atoms with Gasteiger partial charge in [0.1, 0.15) is 0 Å². The van der Waals surface area contributed by atoms with Crippen LogP contribution >= 0.6 is 0 Å². The molecule has 0 unspecified atom stereocenters. The molecular formula is C20H28N2O2. The van der Waals surface area contributed by atoms with Gasteiger partial charge in [0.05, 0.1) is 25.3 Å². The molecule has 3 atom stereocenters. The Kier molecular flexibility index (Phi) is 7.92. The fraction of sp³-hybridized carbons (Fsp3) is 0.400. The van der Waals surface area contributed by atoms with Crippen molar-refractivity contribution in [3.8, 4) is 0 Å². The molecule has 0 aliphatic heterocycles. The molecule has 0 fully saturated rings. The molecule has 24 heavy (non-hydrogen) atoms. The second-order valence-corrected chi connectivity index (χ2v) is 6.10. The number of benzene rings is 2. The van der Waals surface area contributed by atoms with Crippen molar-refractivity contribution >= 4 is 0 Å². The van der Waals surface area contributed by atoms with Gasteiger partial charge in [-0.3, -0.25) is 0 Å². The highest BCUT2D eigenvalue weighted by atomic mass is 16.3. The molecular weight excluding hydrogens is 300 g/mol. The molecule has 4 heteroatoms. The Labute approximate surface area is 144 Å². The van der Waals surface area contributed by atoms with E-state index in [1.165, 1.54) is 0 Å². The molecule has 0 bridgehead atoms. The standard InChI is InChI=1S/C20H28N2O2/c1-16(22-20(15-24)18-10-6-3-7-11-18)12-13-21-19(14-23)17-8-4-2-5-9-17/h2-11,16,19-24H,12-15H2,1H3/t16-,19-,20-/m0/s1. The van der Waals surface area contributed by atoms with Crippen LogP contribution in [0.25, 0.3) is 0 Å². The van der Waals surface area contributed by atoms with E-state index in [-0.39, 0.29) is 31.3 Å². The van der Waals surface area contributed by atoms with Crippen molar-refractivity contribution in [2.45, 2.75) is 31.5 Å². The molecule has 2 aromatic carbocycles. The van der Waals surface area contributed by atoms with Crippen LogP contribution in [0.1, 0.15) is 36.6 Å². The normalized spacial score (nSPS) is 15.0. The van der Waals surface area contributed by atoms with E-state index >= 15 is 0 Å². The van der Waals surface area contributed by atoms with Crippen LogP contribution in [-0.4, -0.2) is 36.0 Å². The maximum Gasteiger partial charge on any atom is 0.0626 e. The Morgan fingerprint density at radius 2 is 1.29 bits per heavy atom. The van der Waals surface area contributed by atoms with E-state index in [0.717, 1.165) is 24.1 Å². The Morgan fingerprint density at radius 3 is 1.79 bits per heavy atom. The number of aliphatic hydroxyl groups excluding tert-OH is 2. The summed E-state index contributed by atoms with van der Waals surface area (Å²) in [5, 5.41) is 26.0. The highest BCUT2D eigenvalue weighted by molar-refractivity contribution is 5.19. The minimum Gasteiger partial charge on any atom is -0.394 e. The first-order valence-corrected chi connectivity index (χ1v) is 8.55. The van der Waals surface area contributed by atoms with E-state index in [4.69, 9.17) is 0 Å². The molecule has 0 amide bonds. The van der Waals surface area contributed by atoms with E-state index in [0.29, 0.717) is 0 Å². The smallest absolute Gasteiger partial charge is 0.0626 e. The van der Waals surface area contributed by atoms with Gasteiger partial charge in [-0.05, 0) is 31.0 Å². The number of hydrogen-bond acceptors (Lipinski definition) is 4. The maximum absolute atomic E-state index is 9.62. The average molecular weight is 328 g/mol. The summed E-state index contributed by atoms with van der Waals surface area (Å²) in [7, 11) is 0. The molecule has 0 spiro atoms. The second-order valence-electron chi connectivity index (χ2n) is 6.10. The van der Waals surface area contributed by atoms with Crippen LogP contribution in [-0.2, 0) is 0 Å². The van der Waals surface area contributed by atoms with Gasteiger partial charge >= 0.3 is 0 Å². The summed E-state index contributed by atoms with van der Waals surface area (Å²) in [6, 6.07) is 20.1. The fourth-order valence-corrected chi connectivity index (χ4v) is 2.81. The van der Waals surface area contributed by atoms with Gasteiger partial charge in [-0.2, -0.15) is 0 Å². The largest absolute Gasteiger partial charge is 0.394 e. The summed E-state index contributed by atoms with van der Waals surface area (Å²) in [5.74, 6) is 0. The first-order valence-electron chi connectivity index (χ1n) is 8.55. The number of rotatable bonds is 10. The van der Waals surface area contributed by atoms with Gasteiger partial charge in [0.25, 0.3) is 0 Å². The molecule has 0 heterocycles. The van der Waals surface area contributed by atoms with Crippen LogP contribution in [0.4, 0.5) is 0 Å². The molecule has 0 aromatic heterocycles. The first kappa shape index (κ1) is 18.6. The SMILES string of the molecule is C[C@@H](CCN[C@@H](CO)c1ccccc1)N[C@@H](CO)c1ccccc1. The van der Waals surface area contributed by atoms with Gasteiger partial charge in [-0.15, -0.1) is 0 Å². The third kappa shape index (κ3) is 5.73. The van der Waals surface area contributed by atoms with Crippen molar-refractivity contribution < 1.29 is 10.2 Å². The Hall–Kier alpha value is -1.72. The minimum atomic E-state index is -0.0519. The summed E-state index contributed by atoms with van der Waals surface area (Å²) in [4.78, 5) is 0. The van der Waals surface area contributed by atoms with Gasteiger partial charge in [-0.1, -0.05) is 60.7 Å². The summed E-state index contributed by atoms with van der Waals surface area (Å²) < 4.78 is 0. The number of nitrogens with one attached hydrogen (secondary N) is 2. The van der Waals surface area contributed by atoms with E-state index in [1.807, 2.05) is 60.7 Å². The van der Waals surface area contributed by atoms with Crippen molar-refractivity contribution in [3.63, 3.8) is 0 Å². The third-order valence-corrected chi connectivity index (χ3v) is 4.22. The van der Waals surface area contributed by atoms with E-state index < -0.39 is 0 Å². The molecule has 0 radical (unpaired) electrons. The predicted octanol–water partition coefficient (Wildman–Crippen LogP) is 2.41. The van der Waals surface area contributed by atoms with E-state index in [2.05, 4.69) is 17.6 Å². The molecule has 0 saturated carbocycles. The lowest BCUT2D eigenvalue weighted by Gasteiger charge is -2.23. The number of aliphatic hydroxyl groups is 2. The van der Waals surface area contributed by atoms with Gasteiger partial charge in [-0.25, -0.2) is 0 Å². The second kappa shape index (κ2) is 10.2. The predicted molar refractivity (Wildman–Crippen MR) is 97.8 cm³/mol. The van der Waals surface area contributed by atoms with E-state index in [9.17, 15) is 10.2 Å². The maximum atomic E-state index is 9.62. The zero-order chi connectivity index (χ0) is 17.2.